The smallest absolute Gasteiger partial charge is 0.0371 e. The van der Waals surface area contributed by atoms with E-state index in [9.17, 15) is 0 Å². The van der Waals surface area contributed by atoms with Crippen LogP contribution in [0.3, 0.4) is 0 Å². The third-order valence-corrected chi connectivity index (χ3v) is 4.81. The van der Waals surface area contributed by atoms with Crippen molar-refractivity contribution in [2.24, 2.45) is 11.3 Å². The normalized spacial score (nSPS) is 18.7. The summed E-state index contributed by atoms with van der Waals surface area (Å²) in [6.07, 6.45) is 2.61. The van der Waals surface area contributed by atoms with Crippen molar-refractivity contribution in [2.45, 2.75) is 40.2 Å². The zero-order valence-electron chi connectivity index (χ0n) is 12.2. The number of halogens is 1. The molecular weight excluding hydrogens is 300 g/mol. The Morgan fingerprint density at radius 3 is 2.42 bits per heavy atom. The molecule has 2 rings (SSSR count). The van der Waals surface area contributed by atoms with Gasteiger partial charge in [0.1, 0.15) is 0 Å². The van der Waals surface area contributed by atoms with Gasteiger partial charge in [-0.2, -0.15) is 0 Å². The predicted octanol–water partition coefficient (Wildman–Crippen LogP) is 4.29. The third kappa shape index (κ3) is 3.96. The van der Waals surface area contributed by atoms with E-state index in [2.05, 4.69) is 53.7 Å². The SMILES string of the molecule is CC(C)(C)C1CCN(Cc2ccc(Br)cc2N)CC1. The van der Waals surface area contributed by atoms with Gasteiger partial charge in [-0.3, -0.25) is 4.90 Å². The fourth-order valence-corrected chi connectivity index (χ4v) is 3.29. The van der Waals surface area contributed by atoms with Crippen molar-refractivity contribution in [1.29, 1.82) is 0 Å². The summed E-state index contributed by atoms with van der Waals surface area (Å²) in [5, 5.41) is 0. The van der Waals surface area contributed by atoms with E-state index in [1.54, 1.807) is 0 Å². The van der Waals surface area contributed by atoms with Gasteiger partial charge in [0, 0.05) is 16.7 Å². The number of benzene rings is 1. The largest absolute Gasteiger partial charge is 0.398 e. The highest BCUT2D eigenvalue weighted by Crippen LogP contribution is 2.34. The summed E-state index contributed by atoms with van der Waals surface area (Å²) in [5.74, 6) is 0.853. The van der Waals surface area contributed by atoms with Crippen LogP contribution in [0.15, 0.2) is 22.7 Å². The second-order valence-electron chi connectivity index (χ2n) is 6.76. The van der Waals surface area contributed by atoms with Crippen molar-refractivity contribution in [3.05, 3.63) is 28.2 Å². The van der Waals surface area contributed by atoms with Gasteiger partial charge < -0.3 is 5.73 Å². The molecule has 2 N–H and O–H groups in total. The molecule has 3 heteroatoms. The summed E-state index contributed by atoms with van der Waals surface area (Å²) in [7, 11) is 0. The highest BCUT2D eigenvalue weighted by Gasteiger charge is 2.28. The summed E-state index contributed by atoms with van der Waals surface area (Å²) < 4.78 is 1.06. The Balaban J connectivity index is 1.92. The Hall–Kier alpha value is -0.540. The van der Waals surface area contributed by atoms with Gasteiger partial charge in [0.2, 0.25) is 0 Å². The molecule has 1 aliphatic heterocycles. The van der Waals surface area contributed by atoms with E-state index in [0.717, 1.165) is 22.6 Å². The lowest BCUT2D eigenvalue weighted by Gasteiger charge is -2.38. The number of hydrogen-bond acceptors (Lipinski definition) is 2. The van der Waals surface area contributed by atoms with Crippen LogP contribution in [0.25, 0.3) is 0 Å². The Labute approximate surface area is 125 Å². The zero-order valence-corrected chi connectivity index (χ0v) is 13.8. The molecule has 106 valence electrons. The summed E-state index contributed by atoms with van der Waals surface area (Å²) in [6, 6.07) is 6.21. The fraction of sp³-hybridized carbons (Fsp3) is 0.625. The second kappa shape index (κ2) is 5.84. The molecule has 0 unspecified atom stereocenters. The Kier molecular flexibility index (Phi) is 4.57. The van der Waals surface area contributed by atoms with Gasteiger partial charge in [-0.1, -0.05) is 42.8 Å². The second-order valence-corrected chi connectivity index (χ2v) is 7.68. The molecule has 0 atom stereocenters. The minimum Gasteiger partial charge on any atom is -0.398 e. The van der Waals surface area contributed by atoms with Crippen LogP contribution in [-0.4, -0.2) is 18.0 Å². The van der Waals surface area contributed by atoms with Crippen LogP contribution in [0.5, 0.6) is 0 Å². The molecule has 1 aromatic rings. The molecule has 1 heterocycles. The molecule has 1 aromatic carbocycles. The van der Waals surface area contributed by atoms with Gasteiger partial charge >= 0.3 is 0 Å². The van der Waals surface area contributed by atoms with Gasteiger partial charge in [-0.05, 0) is 55.0 Å². The first kappa shape index (κ1) is 14.9. The number of nitrogens with zero attached hydrogens (tertiary/aromatic N) is 1. The molecule has 1 fully saturated rings. The first-order chi connectivity index (χ1) is 8.86. The number of rotatable bonds is 2. The van der Waals surface area contributed by atoms with Crippen molar-refractivity contribution in [1.82, 2.24) is 4.90 Å². The molecule has 0 amide bonds. The van der Waals surface area contributed by atoms with E-state index in [0.29, 0.717) is 5.41 Å². The van der Waals surface area contributed by atoms with E-state index in [1.807, 2.05) is 6.07 Å². The molecule has 0 saturated carbocycles. The van der Waals surface area contributed by atoms with Crippen LogP contribution >= 0.6 is 15.9 Å². The molecule has 19 heavy (non-hydrogen) atoms. The van der Waals surface area contributed by atoms with Crippen molar-refractivity contribution in [3.8, 4) is 0 Å². The fourth-order valence-electron chi connectivity index (χ4n) is 2.91. The Morgan fingerprint density at radius 2 is 1.89 bits per heavy atom. The quantitative estimate of drug-likeness (QED) is 0.822. The van der Waals surface area contributed by atoms with Gasteiger partial charge in [-0.25, -0.2) is 0 Å². The van der Waals surface area contributed by atoms with Crippen molar-refractivity contribution in [2.75, 3.05) is 18.8 Å². The molecule has 0 aliphatic carbocycles. The Morgan fingerprint density at radius 1 is 1.26 bits per heavy atom. The van der Waals surface area contributed by atoms with Crippen molar-refractivity contribution >= 4 is 21.6 Å². The van der Waals surface area contributed by atoms with Crippen molar-refractivity contribution in [3.63, 3.8) is 0 Å². The number of anilines is 1. The molecule has 0 radical (unpaired) electrons. The monoisotopic (exact) mass is 324 g/mol. The first-order valence-corrected chi connectivity index (χ1v) is 7.92. The maximum absolute atomic E-state index is 6.08. The van der Waals surface area contributed by atoms with Crippen molar-refractivity contribution < 1.29 is 0 Å². The van der Waals surface area contributed by atoms with Crippen LogP contribution in [-0.2, 0) is 6.54 Å². The van der Waals surface area contributed by atoms with E-state index >= 15 is 0 Å². The van der Waals surface area contributed by atoms with Crippen LogP contribution in [0.2, 0.25) is 0 Å². The van der Waals surface area contributed by atoms with Gasteiger partial charge in [0.05, 0.1) is 0 Å². The minimum absolute atomic E-state index is 0.447. The number of nitrogens with two attached hydrogens (primary N) is 1. The van der Waals surface area contributed by atoms with Crippen LogP contribution in [0.1, 0.15) is 39.2 Å². The zero-order chi connectivity index (χ0) is 14.0. The summed E-state index contributed by atoms with van der Waals surface area (Å²) in [5.41, 5.74) is 8.67. The lowest BCUT2D eigenvalue weighted by atomic mass is 9.75. The summed E-state index contributed by atoms with van der Waals surface area (Å²) >= 11 is 3.46. The maximum Gasteiger partial charge on any atom is 0.0371 e. The van der Waals surface area contributed by atoms with Crippen LogP contribution in [0.4, 0.5) is 5.69 Å². The molecule has 0 bridgehead atoms. The molecule has 2 nitrogen and oxygen atoms in total. The average Bonchev–Trinajstić information content (AvgIpc) is 2.32. The predicted molar refractivity (Wildman–Crippen MR) is 86.0 cm³/mol. The highest BCUT2D eigenvalue weighted by atomic mass is 79.9. The lowest BCUT2D eigenvalue weighted by molar-refractivity contribution is 0.108. The number of likely N-dealkylation sites (tertiary alicyclic amines) is 1. The van der Waals surface area contributed by atoms with E-state index < -0.39 is 0 Å². The van der Waals surface area contributed by atoms with Crippen LogP contribution < -0.4 is 5.73 Å². The summed E-state index contributed by atoms with van der Waals surface area (Å²) in [4.78, 5) is 2.53. The van der Waals surface area contributed by atoms with Crippen LogP contribution in [0, 0.1) is 11.3 Å². The highest BCUT2D eigenvalue weighted by molar-refractivity contribution is 9.10. The lowest BCUT2D eigenvalue weighted by Crippen LogP contribution is -2.37. The summed E-state index contributed by atoms with van der Waals surface area (Å²) in [6.45, 7) is 10.4. The molecule has 1 saturated heterocycles. The topological polar surface area (TPSA) is 29.3 Å². The van der Waals surface area contributed by atoms with Gasteiger partial charge in [0.15, 0.2) is 0 Å². The van der Waals surface area contributed by atoms with E-state index in [1.165, 1.54) is 31.5 Å². The van der Waals surface area contributed by atoms with Gasteiger partial charge in [0.25, 0.3) is 0 Å². The van der Waals surface area contributed by atoms with E-state index in [-0.39, 0.29) is 0 Å². The number of nitrogen functional groups attached to an aromatic ring is 1. The molecular formula is C16H25BrN2. The van der Waals surface area contributed by atoms with E-state index in [4.69, 9.17) is 5.73 Å². The molecule has 1 aliphatic rings. The standard InChI is InChI=1S/C16H25BrN2/c1-16(2,3)13-6-8-19(9-7-13)11-12-4-5-14(17)10-15(12)18/h4-5,10,13H,6-9,11,18H2,1-3H3. The Bertz CT molecular complexity index is 429. The molecule has 0 aromatic heterocycles. The minimum atomic E-state index is 0.447. The molecule has 0 spiro atoms. The first-order valence-electron chi connectivity index (χ1n) is 7.12. The number of piperidine rings is 1. The third-order valence-electron chi connectivity index (χ3n) is 4.31. The van der Waals surface area contributed by atoms with Gasteiger partial charge in [-0.15, -0.1) is 0 Å². The average molecular weight is 325 g/mol. The maximum atomic E-state index is 6.08. The number of hydrogen-bond donors (Lipinski definition) is 1.